The standard InChI is InChI=1S/C61H119N3O7/c1-5-9-13-17-21-26-39-57-70-60(66)44-31-29-35-47-63(48-36-30-32-45-61(67)71-58-40-27-22-18-14-10-6-2)50-42-51-64(52-53-65)49-34-24-28-37-54-68-55-41-43-59(62-46-33-23-19-15-11-7-3)69-56-38-25-20-16-12-8-4/h11-12,15-16,59,62,65H,5-10,13-14,17-58H2,1-4H3/b15-11-,16-12-. The molecule has 1 atom stereocenters. The van der Waals surface area contributed by atoms with Crippen molar-refractivity contribution in [3.63, 3.8) is 0 Å². The van der Waals surface area contributed by atoms with Crippen molar-refractivity contribution in [1.29, 1.82) is 0 Å². The van der Waals surface area contributed by atoms with Gasteiger partial charge in [0.05, 0.1) is 19.8 Å². The summed E-state index contributed by atoms with van der Waals surface area (Å²) < 4.78 is 23.4. The Morgan fingerprint density at radius 3 is 1.38 bits per heavy atom. The molecule has 420 valence electrons. The highest BCUT2D eigenvalue weighted by molar-refractivity contribution is 5.69. The van der Waals surface area contributed by atoms with E-state index in [1.807, 2.05) is 0 Å². The Morgan fingerprint density at radius 2 is 0.859 bits per heavy atom. The van der Waals surface area contributed by atoms with Gasteiger partial charge in [0.2, 0.25) is 0 Å². The quantitative estimate of drug-likeness (QED) is 0.0265. The van der Waals surface area contributed by atoms with Crippen LogP contribution in [0.3, 0.4) is 0 Å². The zero-order valence-corrected chi connectivity index (χ0v) is 47.5. The summed E-state index contributed by atoms with van der Waals surface area (Å²) in [5.74, 6) is -0.0941. The fraction of sp³-hybridized carbons (Fsp3) is 0.902. The first-order valence-electron chi connectivity index (χ1n) is 30.6. The molecule has 71 heavy (non-hydrogen) atoms. The van der Waals surface area contributed by atoms with Crippen LogP contribution in [0.4, 0.5) is 0 Å². The third-order valence-corrected chi connectivity index (χ3v) is 13.4. The lowest BCUT2D eigenvalue weighted by molar-refractivity contribution is -0.144. The Labute approximate surface area is 440 Å². The minimum atomic E-state index is -0.0470. The van der Waals surface area contributed by atoms with Gasteiger partial charge in [-0.1, -0.05) is 155 Å². The molecule has 0 spiro atoms. The first kappa shape index (κ1) is 69.2. The number of hydrogen-bond donors (Lipinski definition) is 2. The maximum Gasteiger partial charge on any atom is 0.305 e. The average Bonchev–Trinajstić information content (AvgIpc) is 3.37. The van der Waals surface area contributed by atoms with Crippen molar-refractivity contribution < 1.29 is 33.6 Å². The number of nitrogens with zero attached hydrogens (tertiary/aromatic N) is 2. The number of esters is 2. The van der Waals surface area contributed by atoms with Crippen LogP contribution in [0, 0.1) is 0 Å². The van der Waals surface area contributed by atoms with Crippen LogP contribution in [0.1, 0.15) is 265 Å². The number of aliphatic hydroxyl groups excluding tert-OH is 1. The minimum Gasteiger partial charge on any atom is -0.466 e. The second-order valence-electron chi connectivity index (χ2n) is 20.3. The molecule has 0 amide bonds. The number of allylic oxidation sites excluding steroid dienone is 4. The van der Waals surface area contributed by atoms with Crippen molar-refractivity contribution in [2.45, 2.75) is 271 Å². The first-order valence-corrected chi connectivity index (χ1v) is 30.6. The molecule has 0 aliphatic heterocycles. The molecular formula is C61H119N3O7. The van der Waals surface area contributed by atoms with Gasteiger partial charge in [-0.25, -0.2) is 0 Å². The smallest absolute Gasteiger partial charge is 0.305 e. The predicted molar refractivity (Wildman–Crippen MR) is 302 cm³/mol. The molecule has 0 aromatic rings. The lowest BCUT2D eigenvalue weighted by atomic mass is 10.1. The second kappa shape index (κ2) is 59.1. The van der Waals surface area contributed by atoms with Crippen molar-refractivity contribution in [3.8, 4) is 0 Å². The van der Waals surface area contributed by atoms with E-state index in [1.165, 1.54) is 96.3 Å². The van der Waals surface area contributed by atoms with Gasteiger partial charge < -0.3 is 33.9 Å². The van der Waals surface area contributed by atoms with Crippen molar-refractivity contribution in [1.82, 2.24) is 15.1 Å². The first-order chi connectivity index (χ1) is 35.0. The fourth-order valence-corrected chi connectivity index (χ4v) is 8.95. The molecule has 0 aromatic heterocycles. The van der Waals surface area contributed by atoms with Gasteiger partial charge in [0, 0.05) is 39.2 Å². The van der Waals surface area contributed by atoms with Crippen molar-refractivity contribution in [2.24, 2.45) is 0 Å². The Bertz CT molecular complexity index is 1070. The number of hydrogen-bond acceptors (Lipinski definition) is 10. The Morgan fingerprint density at radius 1 is 0.437 bits per heavy atom. The summed E-state index contributed by atoms with van der Waals surface area (Å²) in [5.41, 5.74) is 0. The number of aliphatic hydroxyl groups is 1. The molecule has 1 unspecified atom stereocenters. The summed E-state index contributed by atoms with van der Waals surface area (Å²) in [6, 6.07) is 0. The third-order valence-electron chi connectivity index (χ3n) is 13.4. The maximum atomic E-state index is 12.4. The summed E-state index contributed by atoms with van der Waals surface area (Å²) in [4.78, 5) is 29.7. The zero-order valence-electron chi connectivity index (χ0n) is 47.5. The Kier molecular flexibility index (Phi) is 57.5. The topological polar surface area (TPSA) is 110 Å². The molecule has 0 saturated carbocycles. The van der Waals surface area contributed by atoms with Gasteiger partial charge in [-0.15, -0.1) is 0 Å². The summed E-state index contributed by atoms with van der Waals surface area (Å²) in [6.45, 7) is 19.4. The molecule has 10 nitrogen and oxygen atoms in total. The van der Waals surface area contributed by atoms with Crippen LogP contribution in [-0.4, -0.2) is 119 Å². The van der Waals surface area contributed by atoms with E-state index in [1.54, 1.807) is 0 Å². The molecule has 0 bridgehead atoms. The highest BCUT2D eigenvalue weighted by Gasteiger charge is 2.12. The van der Waals surface area contributed by atoms with Crippen LogP contribution in [0.2, 0.25) is 0 Å². The average molecular weight is 1010 g/mol. The number of unbranched alkanes of at least 4 members (excludes halogenated alkanes) is 23. The van der Waals surface area contributed by atoms with E-state index in [9.17, 15) is 14.7 Å². The molecule has 0 saturated heterocycles. The highest BCUT2D eigenvalue weighted by atomic mass is 16.5. The van der Waals surface area contributed by atoms with Crippen LogP contribution in [-0.2, 0) is 28.5 Å². The Hall–Kier alpha value is -1.82. The van der Waals surface area contributed by atoms with E-state index in [4.69, 9.17) is 18.9 Å². The fourth-order valence-electron chi connectivity index (χ4n) is 8.95. The lowest BCUT2D eigenvalue weighted by Crippen LogP contribution is -2.33. The normalized spacial score (nSPS) is 12.4. The molecule has 2 N–H and O–H groups in total. The molecule has 0 fully saturated rings. The van der Waals surface area contributed by atoms with Gasteiger partial charge >= 0.3 is 11.9 Å². The van der Waals surface area contributed by atoms with Crippen LogP contribution in [0.5, 0.6) is 0 Å². The minimum absolute atomic E-state index is 0.0470. The molecule has 0 radical (unpaired) electrons. The van der Waals surface area contributed by atoms with Crippen LogP contribution >= 0.6 is 0 Å². The second-order valence-corrected chi connectivity index (χ2v) is 20.3. The molecule has 0 rings (SSSR count). The van der Waals surface area contributed by atoms with Crippen LogP contribution in [0.25, 0.3) is 0 Å². The van der Waals surface area contributed by atoms with E-state index in [0.717, 1.165) is 194 Å². The molecule has 0 aliphatic rings. The largest absolute Gasteiger partial charge is 0.466 e. The van der Waals surface area contributed by atoms with E-state index in [-0.39, 0.29) is 24.8 Å². The van der Waals surface area contributed by atoms with Gasteiger partial charge in [-0.05, 0) is 161 Å². The van der Waals surface area contributed by atoms with Gasteiger partial charge in [-0.2, -0.15) is 0 Å². The Balaban J connectivity index is 4.61. The highest BCUT2D eigenvalue weighted by Crippen LogP contribution is 2.13. The van der Waals surface area contributed by atoms with E-state index < -0.39 is 0 Å². The van der Waals surface area contributed by atoms with Gasteiger partial charge in [0.25, 0.3) is 0 Å². The summed E-state index contributed by atoms with van der Waals surface area (Å²) in [6.07, 6.45) is 50.2. The summed E-state index contributed by atoms with van der Waals surface area (Å²) in [5, 5.41) is 13.6. The van der Waals surface area contributed by atoms with Gasteiger partial charge in [0.15, 0.2) is 0 Å². The predicted octanol–water partition coefficient (Wildman–Crippen LogP) is 15.2. The van der Waals surface area contributed by atoms with E-state index in [2.05, 4.69) is 67.1 Å². The van der Waals surface area contributed by atoms with Gasteiger partial charge in [0.1, 0.15) is 6.23 Å². The van der Waals surface area contributed by atoms with E-state index in [0.29, 0.717) is 26.1 Å². The number of carbonyl (C=O) groups is 2. The zero-order chi connectivity index (χ0) is 51.6. The SMILES string of the molecule is CC/C=C\CCCCNC(CCCOCCCCCCN(CCO)CCCN(CCCCCC(=O)OCCCCCCCCC)CCCCCC(=O)OCCCCCCCCC)OCCCC/C=C\CC. The molecule has 0 aromatic carbocycles. The van der Waals surface area contributed by atoms with Gasteiger partial charge in [-0.3, -0.25) is 14.9 Å². The lowest BCUT2D eigenvalue weighted by Gasteiger charge is -2.25. The molecule has 0 aliphatic carbocycles. The van der Waals surface area contributed by atoms with Crippen molar-refractivity contribution in [2.75, 3.05) is 85.5 Å². The van der Waals surface area contributed by atoms with Crippen LogP contribution < -0.4 is 5.32 Å². The molecule has 10 heteroatoms. The van der Waals surface area contributed by atoms with E-state index >= 15 is 0 Å². The monoisotopic (exact) mass is 1010 g/mol. The third kappa shape index (κ3) is 54.3. The maximum absolute atomic E-state index is 12.4. The number of carbonyl (C=O) groups excluding carboxylic acids is 2. The van der Waals surface area contributed by atoms with Crippen LogP contribution in [0.15, 0.2) is 24.3 Å². The molecular weight excluding hydrogens is 887 g/mol. The number of rotatable bonds is 59. The molecule has 0 heterocycles. The van der Waals surface area contributed by atoms with Crippen molar-refractivity contribution >= 4 is 11.9 Å². The number of nitrogens with one attached hydrogen (secondary N) is 1. The van der Waals surface area contributed by atoms with Crippen molar-refractivity contribution in [3.05, 3.63) is 24.3 Å². The summed E-state index contributed by atoms with van der Waals surface area (Å²) in [7, 11) is 0. The number of ether oxygens (including phenoxy) is 4. The summed E-state index contributed by atoms with van der Waals surface area (Å²) >= 11 is 0.